The van der Waals surface area contributed by atoms with Crippen molar-refractivity contribution < 1.29 is 9.90 Å². The standard InChI is InChI=1S/C13H20N2O2/c1-9(2)12(13(16)17)15-11-6-4-10(5-7-11)8-14-3/h4-7,9,12,14-15H,8H2,1-3H3,(H,16,17)/t12-/m1/s1. The predicted octanol–water partition coefficient (Wildman–Crippen LogP) is 1.93. The molecular weight excluding hydrogens is 216 g/mol. The highest BCUT2D eigenvalue weighted by Crippen LogP contribution is 2.14. The van der Waals surface area contributed by atoms with Crippen LogP contribution in [0.25, 0.3) is 0 Å². The van der Waals surface area contributed by atoms with Crippen LogP contribution in [-0.4, -0.2) is 24.2 Å². The van der Waals surface area contributed by atoms with Gasteiger partial charge in [-0.05, 0) is 30.7 Å². The van der Waals surface area contributed by atoms with Crippen LogP contribution in [0.3, 0.4) is 0 Å². The van der Waals surface area contributed by atoms with Gasteiger partial charge in [-0.3, -0.25) is 0 Å². The van der Waals surface area contributed by atoms with E-state index in [0.29, 0.717) is 0 Å². The minimum Gasteiger partial charge on any atom is -0.480 e. The van der Waals surface area contributed by atoms with Gasteiger partial charge in [0.15, 0.2) is 0 Å². The van der Waals surface area contributed by atoms with E-state index in [9.17, 15) is 4.79 Å². The third kappa shape index (κ3) is 4.07. The number of hydrogen-bond donors (Lipinski definition) is 3. The zero-order valence-electron chi connectivity index (χ0n) is 10.5. The maximum Gasteiger partial charge on any atom is 0.326 e. The first-order valence-electron chi connectivity index (χ1n) is 5.77. The van der Waals surface area contributed by atoms with E-state index >= 15 is 0 Å². The van der Waals surface area contributed by atoms with Crippen molar-refractivity contribution in [2.45, 2.75) is 26.4 Å². The molecule has 0 aliphatic heterocycles. The fourth-order valence-electron chi connectivity index (χ4n) is 1.62. The van der Waals surface area contributed by atoms with E-state index in [-0.39, 0.29) is 5.92 Å². The molecule has 0 spiro atoms. The van der Waals surface area contributed by atoms with Gasteiger partial charge in [-0.1, -0.05) is 26.0 Å². The second-order valence-electron chi connectivity index (χ2n) is 4.43. The number of aliphatic carboxylic acids is 1. The lowest BCUT2D eigenvalue weighted by molar-refractivity contribution is -0.138. The normalized spacial score (nSPS) is 12.5. The molecule has 1 atom stereocenters. The molecule has 0 amide bonds. The monoisotopic (exact) mass is 236 g/mol. The minimum absolute atomic E-state index is 0.0458. The van der Waals surface area contributed by atoms with E-state index in [1.54, 1.807) is 0 Å². The molecule has 0 bridgehead atoms. The zero-order chi connectivity index (χ0) is 12.8. The quantitative estimate of drug-likeness (QED) is 0.706. The Bertz CT molecular complexity index is 360. The van der Waals surface area contributed by atoms with Crippen LogP contribution in [-0.2, 0) is 11.3 Å². The second-order valence-corrected chi connectivity index (χ2v) is 4.43. The minimum atomic E-state index is -0.820. The molecule has 4 nitrogen and oxygen atoms in total. The Morgan fingerprint density at radius 1 is 1.29 bits per heavy atom. The molecule has 1 rings (SSSR count). The van der Waals surface area contributed by atoms with E-state index in [2.05, 4.69) is 10.6 Å². The van der Waals surface area contributed by atoms with Gasteiger partial charge in [0.05, 0.1) is 0 Å². The zero-order valence-corrected chi connectivity index (χ0v) is 10.5. The van der Waals surface area contributed by atoms with Crippen LogP contribution in [0.2, 0.25) is 0 Å². The summed E-state index contributed by atoms with van der Waals surface area (Å²) in [5.74, 6) is -0.774. The van der Waals surface area contributed by atoms with Crippen LogP contribution < -0.4 is 10.6 Å². The second kappa shape index (κ2) is 6.25. The number of carboxylic acids is 1. The Hall–Kier alpha value is -1.55. The molecule has 4 heteroatoms. The lowest BCUT2D eigenvalue weighted by atomic mass is 10.0. The van der Waals surface area contributed by atoms with Crippen molar-refractivity contribution in [2.24, 2.45) is 5.92 Å². The smallest absolute Gasteiger partial charge is 0.326 e. The summed E-state index contributed by atoms with van der Waals surface area (Å²) < 4.78 is 0. The summed E-state index contributed by atoms with van der Waals surface area (Å²) in [6, 6.07) is 7.23. The maximum atomic E-state index is 11.0. The van der Waals surface area contributed by atoms with Crippen molar-refractivity contribution in [3.63, 3.8) is 0 Å². The lowest BCUT2D eigenvalue weighted by Gasteiger charge is -2.19. The summed E-state index contributed by atoms with van der Waals surface area (Å²) in [5, 5.41) is 15.2. The van der Waals surface area contributed by atoms with Gasteiger partial charge in [-0.2, -0.15) is 0 Å². The number of anilines is 1. The molecule has 17 heavy (non-hydrogen) atoms. The van der Waals surface area contributed by atoms with Gasteiger partial charge in [0.1, 0.15) is 6.04 Å². The van der Waals surface area contributed by atoms with Crippen LogP contribution in [0.15, 0.2) is 24.3 Å². The van der Waals surface area contributed by atoms with Crippen LogP contribution in [0, 0.1) is 5.92 Å². The highest BCUT2D eigenvalue weighted by atomic mass is 16.4. The molecule has 0 aromatic heterocycles. The van der Waals surface area contributed by atoms with E-state index < -0.39 is 12.0 Å². The summed E-state index contributed by atoms with van der Waals surface area (Å²) in [5.41, 5.74) is 2.01. The van der Waals surface area contributed by atoms with Crippen molar-refractivity contribution in [3.8, 4) is 0 Å². The molecular formula is C13H20N2O2. The van der Waals surface area contributed by atoms with Crippen molar-refractivity contribution in [2.75, 3.05) is 12.4 Å². The highest BCUT2D eigenvalue weighted by molar-refractivity contribution is 5.77. The molecule has 1 aromatic rings. The summed E-state index contributed by atoms with van der Waals surface area (Å²) >= 11 is 0. The molecule has 0 saturated carbocycles. The average molecular weight is 236 g/mol. The molecule has 94 valence electrons. The van der Waals surface area contributed by atoms with Crippen LogP contribution in [0.4, 0.5) is 5.69 Å². The number of nitrogens with one attached hydrogen (secondary N) is 2. The van der Waals surface area contributed by atoms with E-state index in [4.69, 9.17) is 5.11 Å². The Labute approximate surface area is 102 Å². The highest BCUT2D eigenvalue weighted by Gasteiger charge is 2.20. The summed E-state index contributed by atoms with van der Waals surface area (Å²) in [4.78, 5) is 11.0. The van der Waals surface area contributed by atoms with Gasteiger partial charge in [-0.25, -0.2) is 4.79 Å². The van der Waals surface area contributed by atoms with Gasteiger partial charge in [0.2, 0.25) is 0 Å². The fraction of sp³-hybridized carbons (Fsp3) is 0.462. The van der Waals surface area contributed by atoms with Crippen molar-refractivity contribution in [1.82, 2.24) is 5.32 Å². The number of carbonyl (C=O) groups is 1. The summed E-state index contributed by atoms with van der Waals surface area (Å²) in [6.45, 7) is 4.59. The van der Waals surface area contributed by atoms with Crippen molar-refractivity contribution in [3.05, 3.63) is 29.8 Å². The summed E-state index contributed by atoms with van der Waals surface area (Å²) in [6.07, 6.45) is 0. The van der Waals surface area contributed by atoms with Gasteiger partial charge in [-0.15, -0.1) is 0 Å². The topological polar surface area (TPSA) is 61.4 Å². The first kappa shape index (κ1) is 13.5. The molecule has 0 radical (unpaired) electrons. The molecule has 0 saturated heterocycles. The Morgan fingerprint density at radius 3 is 2.29 bits per heavy atom. The largest absolute Gasteiger partial charge is 0.480 e. The molecule has 1 aromatic carbocycles. The first-order valence-corrected chi connectivity index (χ1v) is 5.77. The molecule has 0 heterocycles. The van der Waals surface area contributed by atoms with Gasteiger partial charge >= 0.3 is 5.97 Å². The van der Waals surface area contributed by atoms with Crippen molar-refractivity contribution in [1.29, 1.82) is 0 Å². The van der Waals surface area contributed by atoms with E-state index in [0.717, 1.165) is 12.2 Å². The van der Waals surface area contributed by atoms with Crippen LogP contribution in [0.5, 0.6) is 0 Å². The first-order chi connectivity index (χ1) is 8.04. The fourth-order valence-corrected chi connectivity index (χ4v) is 1.62. The number of benzene rings is 1. The average Bonchev–Trinajstić information content (AvgIpc) is 2.27. The van der Waals surface area contributed by atoms with Gasteiger partial charge in [0.25, 0.3) is 0 Å². The SMILES string of the molecule is CNCc1ccc(N[C@@H](C(=O)O)C(C)C)cc1. The number of rotatable bonds is 6. The van der Waals surface area contributed by atoms with E-state index in [1.807, 2.05) is 45.2 Å². The molecule has 0 unspecified atom stereocenters. The number of hydrogen-bond acceptors (Lipinski definition) is 3. The third-order valence-corrected chi connectivity index (χ3v) is 2.59. The Morgan fingerprint density at radius 2 is 1.88 bits per heavy atom. The molecule has 3 N–H and O–H groups in total. The number of carboxylic acid groups (broad SMARTS) is 1. The van der Waals surface area contributed by atoms with Crippen molar-refractivity contribution >= 4 is 11.7 Å². The maximum absolute atomic E-state index is 11.0. The lowest BCUT2D eigenvalue weighted by Crippen LogP contribution is -2.34. The predicted molar refractivity (Wildman–Crippen MR) is 69.1 cm³/mol. The summed E-state index contributed by atoms with van der Waals surface area (Å²) in [7, 11) is 1.89. The Balaban J connectivity index is 2.70. The Kier molecular flexibility index (Phi) is 4.97. The van der Waals surface area contributed by atoms with E-state index in [1.165, 1.54) is 5.56 Å². The molecule has 0 aliphatic rings. The third-order valence-electron chi connectivity index (χ3n) is 2.59. The van der Waals surface area contributed by atoms with Crippen LogP contribution >= 0.6 is 0 Å². The van der Waals surface area contributed by atoms with Crippen LogP contribution in [0.1, 0.15) is 19.4 Å². The molecule has 0 fully saturated rings. The molecule has 0 aliphatic carbocycles. The van der Waals surface area contributed by atoms with Gasteiger partial charge < -0.3 is 15.7 Å². The van der Waals surface area contributed by atoms with Gasteiger partial charge in [0, 0.05) is 12.2 Å².